The highest BCUT2D eigenvalue weighted by Crippen LogP contribution is 2.25. The van der Waals surface area contributed by atoms with Crippen LogP contribution in [0, 0.1) is 5.92 Å². The number of aliphatic carboxylic acids is 1. The van der Waals surface area contributed by atoms with Gasteiger partial charge in [-0.05, 0) is 25.2 Å². The Labute approximate surface area is 108 Å². The average molecular weight is 254 g/mol. The summed E-state index contributed by atoms with van der Waals surface area (Å²) in [5.41, 5.74) is 0. The smallest absolute Gasteiger partial charge is 0.303 e. The molecule has 5 nitrogen and oxygen atoms in total. The predicted octanol–water partition coefficient (Wildman–Crippen LogP) is 0.840. The van der Waals surface area contributed by atoms with Gasteiger partial charge in [0.25, 0.3) is 0 Å². The van der Waals surface area contributed by atoms with Crippen molar-refractivity contribution in [1.29, 1.82) is 0 Å². The average Bonchev–Trinajstić information content (AvgIpc) is 3.10. The number of carbonyl (C=O) groups is 2. The summed E-state index contributed by atoms with van der Waals surface area (Å²) in [6, 6.07) is 0.864. The maximum Gasteiger partial charge on any atom is 0.303 e. The first-order chi connectivity index (χ1) is 8.58. The molecule has 0 spiro atoms. The quantitative estimate of drug-likeness (QED) is 0.763. The Morgan fingerprint density at radius 3 is 2.56 bits per heavy atom. The molecule has 18 heavy (non-hydrogen) atoms. The van der Waals surface area contributed by atoms with E-state index in [0.29, 0.717) is 19.0 Å². The summed E-state index contributed by atoms with van der Waals surface area (Å²) in [6.45, 7) is 3.19. The topological polar surface area (TPSA) is 69.6 Å². The Morgan fingerprint density at radius 1 is 1.28 bits per heavy atom. The van der Waals surface area contributed by atoms with Crippen molar-refractivity contribution >= 4 is 11.9 Å². The highest BCUT2D eigenvalue weighted by atomic mass is 16.4. The number of hydrogen-bond donors (Lipinski definition) is 2. The number of carboxylic acids is 1. The molecule has 1 aliphatic carbocycles. The van der Waals surface area contributed by atoms with Crippen molar-refractivity contribution in [1.82, 2.24) is 10.2 Å². The summed E-state index contributed by atoms with van der Waals surface area (Å²) in [4.78, 5) is 24.5. The fourth-order valence-corrected chi connectivity index (χ4v) is 2.73. The molecular formula is C13H22N2O3. The molecule has 1 aliphatic heterocycles. The van der Waals surface area contributed by atoms with E-state index in [-0.39, 0.29) is 24.3 Å². The summed E-state index contributed by atoms with van der Waals surface area (Å²) >= 11 is 0. The molecule has 2 aliphatic rings. The number of carbonyl (C=O) groups excluding carboxylic acids is 1. The number of nitrogens with one attached hydrogen (secondary N) is 1. The molecule has 1 saturated heterocycles. The van der Waals surface area contributed by atoms with Crippen LogP contribution in [0.15, 0.2) is 0 Å². The molecule has 2 N–H and O–H groups in total. The van der Waals surface area contributed by atoms with E-state index in [0.717, 1.165) is 13.0 Å². The lowest BCUT2D eigenvalue weighted by Gasteiger charge is -2.38. The maximum atomic E-state index is 11.8. The largest absolute Gasteiger partial charge is 0.481 e. The van der Waals surface area contributed by atoms with Gasteiger partial charge in [0.1, 0.15) is 0 Å². The summed E-state index contributed by atoms with van der Waals surface area (Å²) in [5.74, 6) is -0.549. The molecule has 0 aromatic rings. The predicted molar refractivity (Wildman–Crippen MR) is 67.2 cm³/mol. The molecule has 5 heteroatoms. The molecule has 2 fully saturated rings. The van der Waals surface area contributed by atoms with E-state index in [4.69, 9.17) is 5.11 Å². The standard InChI is InChI=1S/C13H22N2O3/c1-2-12(16)15-7-9(6-13(17)18)5-11(8-15)14-10-3-4-10/h9-11,14H,2-8H2,1H3,(H,17,18). The molecule has 2 unspecified atom stereocenters. The van der Waals surface area contributed by atoms with Crippen molar-refractivity contribution in [3.05, 3.63) is 0 Å². The highest BCUT2D eigenvalue weighted by Gasteiger charge is 2.33. The maximum absolute atomic E-state index is 11.8. The summed E-state index contributed by atoms with van der Waals surface area (Å²) < 4.78 is 0. The molecule has 0 radical (unpaired) electrons. The molecule has 0 aromatic heterocycles. The van der Waals surface area contributed by atoms with Crippen LogP contribution in [0.1, 0.15) is 39.0 Å². The molecule has 0 bridgehead atoms. The zero-order valence-electron chi connectivity index (χ0n) is 10.9. The number of amides is 1. The first kappa shape index (κ1) is 13.3. The van der Waals surface area contributed by atoms with E-state index in [1.165, 1.54) is 12.8 Å². The third kappa shape index (κ3) is 3.70. The van der Waals surface area contributed by atoms with Gasteiger partial charge in [-0.2, -0.15) is 0 Å². The minimum atomic E-state index is -0.768. The van der Waals surface area contributed by atoms with E-state index < -0.39 is 5.97 Å². The van der Waals surface area contributed by atoms with E-state index in [2.05, 4.69) is 5.32 Å². The Balaban J connectivity index is 1.94. The van der Waals surface area contributed by atoms with Crippen LogP contribution in [0.25, 0.3) is 0 Å². The van der Waals surface area contributed by atoms with Gasteiger partial charge in [0.15, 0.2) is 0 Å². The molecule has 2 atom stereocenters. The van der Waals surface area contributed by atoms with E-state index in [1.807, 2.05) is 11.8 Å². The summed E-state index contributed by atoms with van der Waals surface area (Å²) in [7, 11) is 0. The molecular weight excluding hydrogens is 232 g/mol. The van der Waals surface area contributed by atoms with Gasteiger partial charge in [0.05, 0.1) is 0 Å². The van der Waals surface area contributed by atoms with Crippen LogP contribution in [0.4, 0.5) is 0 Å². The van der Waals surface area contributed by atoms with Crippen molar-refractivity contribution in [2.24, 2.45) is 5.92 Å². The van der Waals surface area contributed by atoms with Gasteiger partial charge in [0.2, 0.25) is 5.91 Å². The lowest BCUT2D eigenvalue weighted by molar-refractivity contribution is -0.141. The van der Waals surface area contributed by atoms with Crippen molar-refractivity contribution in [3.63, 3.8) is 0 Å². The Kier molecular flexibility index (Phi) is 4.22. The fourth-order valence-electron chi connectivity index (χ4n) is 2.73. The number of rotatable bonds is 5. The highest BCUT2D eigenvalue weighted by molar-refractivity contribution is 5.76. The van der Waals surface area contributed by atoms with Crippen LogP contribution in [0.2, 0.25) is 0 Å². The zero-order chi connectivity index (χ0) is 13.1. The third-order valence-electron chi connectivity index (χ3n) is 3.70. The summed E-state index contributed by atoms with van der Waals surface area (Å²) in [5, 5.41) is 12.4. The van der Waals surface area contributed by atoms with Gasteiger partial charge in [-0.3, -0.25) is 9.59 Å². The van der Waals surface area contributed by atoms with Crippen molar-refractivity contribution in [3.8, 4) is 0 Å². The van der Waals surface area contributed by atoms with Gasteiger partial charge >= 0.3 is 5.97 Å². The number of carboxylic acid groups (broad SMARTS) is 1. The lowest BCUT2D eigenvalue weighted by Crippen LogP contribution is -2.52. The van der Waals surface area contributed by atoms with Crippen molar-refractivity contribution in [2.45, 2.75) is 51.1 Å². The monoisotopic (exact) mass is 254 g/mol. The number of piperidine rings is 1. The number of nitrogens with zero attached hydrogens (tertiary/aromatic N) is 1. The molecule has 1 heterocycles. The second-order valence-corrected chi connectivity index (χ2v) is 5.49. The van der Waals surface area contributed by atoms with Crippen LogP contribution >= 0.6 is 0 Å². The van der Waals surface area contributed by atoms with Crippen LogP contribution < -0.4 is 5.32 Å². The molecule has 2 rings (SSSR count). The SMILES string of the molecule is CCC(=O)N1CC(CC(=O)O)CC(NC2CC2)C1. The first-order valence-electron chi connectivity index (χ1n) is 6.84. The van der Waals surface area contributed by atoms with Gasteiger partial charge < -0.3 is 15.3 Å². The fraction of sp³-hybridized carbons (Fsp3) is 0.846. The summed E-state index contributed by atoms with van der Waals surface area (Å²) in [6.07, 6.45) is 3.95. The number of hydrogen-bond acceptors (Lipinski definition) is 3. The van der Waals surface area contributed by atoms with Crippen LogP contribution in [0.5, 0.6) is 0 Å². The third-order valence-corrected chi connectivity index (χ3v) is 3.70. The molecule has 0 aromatic carbocycles. The van der Waals surface area contributed by atoms with Gasteiger partial charge in [0, 0.05) is 38.0 Å². The van der Waals surface area contributed by atoms with Crippen LogP contribution in [-0.4, -0.2) is 47.1 Å². The normalized spacial score (nSPS) is 28.2. The van der Waals surface area contributed by atoms with E-state index in [1.54, 1.807) is 0 Å². The molecule has 1 amide bonds. The number of likely N-dealkylation sites (tertiary alicyclic amines) is 1. The second kappa shape index (κ2) is 5.69. The first-order valence-corrected chi connectivity index (χ1v) is 6.84. The van der Waals surface area contributed by atoms with Crippen LogP contribution in [0.3, 0.4) is 0 Å². The minimum absolute atomic E-state index is 0.0861. The lowest BCUT2D eigenvalue weighted by atomic mass is 9.91. The van der Waals surface area contributed by atoms with E-state index in [9.17, 15) is 9.59 Å². The molecule has 102 valence electrons. The van der Waals surface area contributed by atoms with Gasteiger partial charge in [-0.25, -0.2) is 0 Å². The molecule has 1 saturated carbocycles. The van der Waals surface area contributed by atoms with Crippen molar-refractivity contribution < 1.29 is 14.7 Å². The zero-order valence-corrected chi connectivity index (χ0v) is 10.9. The minimum Gasteiger partial charge on any atom is -0.481 e. The van der Waals surface area contributed by atoms with E-state index >= 15 is 0 Å². The Morgan fingerprint density at radius 2 is 2.00 bits per heavy atom. The Hall–Kier alpha value is -1.10. The van der Waals surface area contributed by atoms with Gasteiger partial charge in [-0.1, -0.05) is 6.92 Å². The Bertz CT molecular complexity index is 328. The second-order valence-electron chi connectivity index (χ2n) is 5.49. The van der Waals surface area contributed by atoms with Crippen molar-refractivity contribution in [2.75, 3.05) is 13.1 Å². The van der Waals surface area contributed by atoms with Crippen LogP contribution in [-0.2, 0) is 9.59 Å². The van der Waals surface area contributed by atoms with Gasteiger partial charge in [-0.15, -0.1) is 0 Å².